The third-order valence-corrected chi connectivity index (χ3v) is 22.6. The predicted molar refractivity (Wildman–Crippen MR) is 135 cm³/mol. The molecule has 0 saturated carbocycles. The van der Waals surface area contributed by atoms with Crippen LogP contribution < -0.4 is 0 Å². The van der Waals surface area contributed by atoms with Crippen molar-refractivity contribution < 1.29 is 13.3 Å². The van der Waals surface area contributed by atoms with E-state index < -0.39 is 8.80 Å². The van der Waals surface area contributed by atoms with Gasteiger partial charge in [0.25, 0.3) is 0 Å². The Morgan fingerprint density at radius 1 is 0.923 bits per heavy atom. The van der Waals surface area contributed by atoms with Gasteiger partial charge in [-0.15, -0.1) is 11.3 Å². The summed E-state index contributed by atoms with van der Waals surface area (Å²) in [7, 11) is 16.7. The SMILES string of the molecule is CO[Si](CCSSSSSSSSc1nc2ccccc2s1)(OC)OC. The molecule has 0 spiro atoms. The van der Waals surface area contributed by atoms with Crippen LogP contribution in [0.25, 0.3) is 10.2 Å². The summed E-state index contributed by atoms with van der Waals surface area (Å²) in [5.74, 6) is 0.944. The molecule has 0 atom stereocenters. The van der Waals surface area contributed by atoms with Crippen LogP contribution in [-0.2, 0) is 13.3 Å². The van der Waals surface area contributed by atoms with Gasteiger partial charge < -0.3 is 13.3 Å². The van der Waals surface area contributed by atoms with Crippen LogP contribution in [-0.4, -0.2) is 40.9 Å². The molecule has 0 bridgehead atoms. The van der Waals surface area contributed by atoms with E-state index in [1.165, 1.54) is 4.70 Å². The zero-order valence-corrected chi connectivity index (χ0v) is 22.4. The number of fused-ring (bicyclic) bond motifs is 1. The minimum absolute atomic E-state index is 0.815. The molecule has 0 fully saturated rings. The van der Waals surface area contributed by atoms with Crippen molar-refractivity contribution in [2.75, 3.05) is 27.1 Å². The third kappa shape index (κ3) is 8.40. The van der Waals surface area contributed by atoms with Crippen molar-refractivity contribution in [1.82, 2.24) is 4.98 Å². The molecule has 0 aliphatic carbocycles. The fraction of sp³-hybridized carbons (Fsp3) is 0.417. The summed E-state index contributed by atoms with van der Waals surface area (Å²) in [6.07, 6.45) is 0. The lowest BCUT2D eigenvalue weighted by molar-refractivity contribution is 0.125. The van der Waals surface area contributed by atoms with Gasteiger partial charge in [-0.2, -0.15) is 0 Å². The van der Waals surface area contributed by atoms with Crippen molar-refractivity contribution in [3.8, 4) is 0 Å². The summed E-state index contributed by atoms with van der Waals surface area (Å²) in [6.45, 7) is 0. The number of rotatable bonds is 14. The van der Waals surface area contributed by atoms with Gasteiger partial charge in [-0.1, -0.05) is 22.9 Å². The van der Waals surface area contributed by atoms with E-state index in [9.17, 15) is 0 Å². The summed E-state index contributed by atoms with van der Waals surface area (Å²) in [5.41, 5.74) is 1.08. The summed E-state index contributed by atoms with van der Waals surface area (Å²) in [6, 6.07) is 9.07. The largest absolute Gasteiger partial charge is 0.501 e. The maximum Gasteiger partial charge on any atom is 0.501 e. The molecule has 0 N–H and O–H groups in total. The Kier molecular flexibility index (Phi) is 13.2. The summed E-state index contributed by atoms with van der Waals surface area (Å²) < 4.78 is 18.6. The molecule has 0 saturated heterocycles. The number of para-hydroxylation sites is 1. The van der Waals surface area contributed by atoms with Crippen molar-refractivity contribution >= 4 is 111 Å². The minimum Gasteiger partial charge on any atom is -0.377 e. The first kappa shape index (κ1) is 24.3. The molecule has 26 heavy (non-hydrogen) atoms. The van der Waals surface area contributed by atoms with Crippen molar-refractivity contribution in [3.05, 3.63) is 24.3 Å². The van der Waals surface area contributed by atoms with Crippen LogP contribution in [0.5, 0.6) is 0 Å². The molecule has 2 aromatic rings. The van der Waals surface area contributed by atoms with E-state index in [1.807, 2.05) is 6.07 Å². The Morgan fingerprint density at radius 3 is 2.27 bits per heavy atom. The molecule has 14 heteroatoms. The first-order valence-electron chi connectivity index (χ1n) is 7.03. The second-order valence-corrected chi connectivity index (χ2v) is 21.7. The van der Waals surface area contributed by atoms with Gasteiger partial charge in [0.2, 0.25) is 0 Å². The fourth-order valence-electron chi connectivity index (χ4n) is 1.75. The first-order chi connectivity index (χ1) is 12.7. The van der Waals surface area contributed by atoms with E-state index in [4.69, 9.17) is 13.3 Å². The van der Waals surface area contributed by atoms with E-state index in [-0.39, 0.29) is 0 Å². The molecule has 0 radical (unpaired) electrons. The van der Waals surface area contributed by atoms with Crippen molar-refractivity contribution in [3.63, 3.8) is 0 Å². The molecule has 1 aromatic carbocycles. The van der Waals surface area contributed by atoms with E-state index >= 15 is 0 Å². The highest BCUT2D eigenvalue weighted by Gasteiger charge is 2.37. The molecular weight excluding hydrogens is 523 g/mol. The Bertz CT molecular complexity index is 604. The van der Waals surface area contributed by atoms with Crippen LogP contribution in [0.3, 0.4) is 0 Å². The lowest BCUT2D eigenvalue weighted by atomic mass is 10.3. The van der Waals surface area contributed by atoms with Crippen molar-refractivity contribution in [2.24, 2.45) is 0 Å². The Hall–Kier alpha value is 2.01. The fourth-order valence-corrected chi connectivity index (χ4v) is 22.7. The van der Waals surface area contributed by atoms with E-state index in [0.717, 1.165) is 21.7 Å². The molecule has 4 nitrogen and oxygen atoms in total. The number of nitrogens with zero attached hydrogens (tertiary/aromatic N) is 1. The highest BCUT2D eigenvalue weighted by atomic mass is 34.0. The third-order valence-electron chi connectivity index (χ3n) is 2.99. The van der Waals surface area contributed by atoms with Crippen molar-refractivity contribution in [2.45, 2.75) is 10.4 Å². The topological polar surface area (TPSA) is 40.6 Å². The lowest BCUT2D eigenvalue weighted by Crippen LogP contribution is -2.43. The zero-order chi connectivity index (χ0) is 18.7. The van der Waals surface area contributed by atoms with Crippen LogP contribution in [0.2, 0.25) is 6.04 Å². The number of hydrogen-bond acceptors (Lipinski definition) is 13. The van der Waals surface area contributed by atoms with Gasteiger partial charge in [0.1, 0.15) is 0 Å². The number of thiazole rings is 1. The summed E-state index contributed by atoms with van der Waals surface area (Å²) in [5, 5.41) is 0. The van der Waals surface area contributed by atoms with Gasteiger partial charge >= 0.3 is 8.80 Å². The summed E-state index contributed by atoms with van der Waals surface area (Å²) in [4.78, 5) is 4.61. The Morgan fingerprint density at radius 2 is 1.58 bits per heavy atom. The summed E-state index contributed by atoms with van der Waals surface area (Å²) >= 11 is 1.74. The van der Waals surface area contributed by atoms with Crippen molar-refractivity contribution in [1.29, 1.82) is 0 Å². The van der Waals surface area contributed by atoms with E-state index in [2.05, 4.69) is 23.2 Å². The van der Waals surface area contributed by atoms with Gasteiger partial charge in [0.05, 0.1) is 10.2 Å². The second kappa shape index (κ2) is 14.1. The highest BCUT2D eigenvalue weighted by Crippen LogP contribution is 2.58. The Labute approximate surface area is 189 Å². The number of benzene rings is 1. The maximum absolute atomic E-state index is 5.41. The molecule has 0 aliphatic rings. The van der Waals surface area contributed by atoms with Crippen LogP contribution in [0, 0.1) is 0 Å². The van der Waals surface area contributed by atoms with Crippen LogP contribution in [0.15, 0.2) is 28.6 Å². The van der Waals surface area contributed by atoms with Gasteiger partial charge in [0, 0.05) is 33.1 Å². The van der Waals surface area contributed by atoms with Gasteiger partial charge in [-0.25, -0.2) is 4.98 Å². The molecule has 146 valence electrons. The van der Waals surface area contributed by atoms with E-state index in [1.54, 1.807) is 113 Å². The zero-order valence-electron chi connectivity index (χ0n) is 14.1. The lowest BCUT2D eigenvalue weighted by Gasteiger charge is -2.23. The average Bonchev–Trinajstić information content (AvgIpc) is 3.09. The quantitative estimate of drug-likeness (QED) is 0.133. The standard InChI is InChI=1S/C12H17NO3S9Si/c1-14-26(15-2,16-3)9-8-17-20-22-24-25-23-21-19-12-13-10-6-4-5-7-11(10)18-12/h4-7H,8-9H2,1-3H3. The number of aromatic nitrogens is 1. The normalized spacial score (nSPS) is 12.1. The molecule has 1 aromatic heterocycles. The molecule has 0 unspecified atom stereocenters. The molecule has 0 aliphatic heterocycles. The maximum atomic E-state index is 5.41. The van der Waals surface area contributed by atoms with Crippen LogP contribution in [0.1, 0.15) is 0 Å². The minimum atomic E-state index is -2.42. The monoisotopic (exact) mass is 539 g/mol. The van der Waals surface area contributed by atoms with Gasteiger partial charge in [0.15, 0.2) is 4.34 Å². The predicted octanol–water partition coefficient (Wildman–Crippen LogP) is 7.80. The van der Waals surface area contributed by atoms with Crippen LogP contribution >= 0.6 is 91.9 Å². The number of hydrogen-bond donors (Lipinski definition) is 0. The van der Waals surface area contributed by atoms with Crippen LogP contribution in [0.4, 0.5) is 0 Å². The highest BCUT2D eigenvalue weighted by molar-refractivity contribution is 9.48. The molecule has 0 amide bonds. The van der Waals surface area contributed by atoms with Gasteiger partial charge in [-0.05, 0) is 81.9 Å². The molecular formula is C12H17NO3S9Si. The average molecular weight is 540 g/mol. The molecule has 2 rings (SSSR count). The van der Waals surface area contributed by atoms with E-state index in [0.29, 0.717) is 0 Å². The first-order valence-corrected chi connectivity index (χ1v) is 20.1. The smallest absolute Gasteiger partial charge is 0.377 e. The molecule has 1 heterocycles. The van der Waals surface area contributed by atoms with Gasteiger partial charge in [-0.3, -0.25) is 0 Å². The Balaban J connectivity index is 1.47. The second-order valence-electron chi connectivity index (χ2n) is 4.31.